The molecule has 0 aliphatic heterocycles. The van der Waals surface area contributed by atoms with E-state index in [1.807, 2.05) is 29.6 Å². The van der Waals surface area contributed by atoms with Crippen LogP contribution in [0.2, 0.25) is 10.0 Å². The lowest BCUT2D eigenvalue weighted by Gasteiger charge is -2.07. The Balaban J connectivity index is 1.52. The van der Waals surface area contributed by atoms with Crippen LogP contribution < -0.4 is 5.32 Å². The molecule has 6 heteroatoms. The second kappa shape index (κ2) is 8.48. The van der Waals surface area contributed by atoms with Gasteiger partial charge in [0.25, 0.3) is 0 Å². The molecule has 0 aliphatic carbocycles. The minimum Gasteiger partial charge on any atom is -0.352 e. The molecular formula is C19H16Cl2N2OS. The lowest BCUT2D eigenvalue weighted by Crippen LogP contribution is -2.23. The lowest BCUT2D eigenvalue weighted by atomic mass is 10.1. The van der Waals surface area contributed by atoms with E-state index in [2.05, 4.69) is 15.7 Å². The highest BCUT2D eigenvalue weighted by Gasteiger charge is 2.06. The molecule has 0 bridgehead atoms. The predicted octanol–water partition coefficient (Wildman–Crippen LogP) is 5.37. The van der Waals surface area contributed by atoms with Crippen LogP contribution in [0.5, 0.6) is 0 Å². The molecule has 0 fully saturated rings. The first kappa shape index (κ1) is 17.9. The summed E-state index contributed by atoms with van der Waals surface area (Å²) >= 11 is 13.5. The number of hydrogen-bond acceptors (Lipinski definition) is 3. The van der Waals surface area contributed by atoms with Gasteiger partial charge in [-0.3, -0.25) is 9.78 Å². The summed E-state index contributed by atoms with van der Waals surface area (Å²) in [6, 6.07) is 11.4. The maximum absolute atomic E-state index is 12.1. The van der Waals surface area contributed by atoms with Crippen molar-refractivity contribution in [2.24, 2.45) is 0 Å². The number of nitrogens with one attached hydrogen (secondary N) is 1. The largest absolute Gasteiger partial charge is 0.352 e. The molecule has 0 radical (unpaired) electrons. The second-order valence-corrected chi connectivity index (χ2v) is 7.18. The van der Waals surface area contributed by atoms with Gasteiger partial charge in [0, 0.05) is 30.1 Å². The van der Waals surface area contributed by atoms with Crippen LogP contribution in [0, 0.1) is 0 Å². The first-order chi connectivity index (χ1) is 12.1. The van der Waals surface area contributed by atoms with Gasteiger partial charge in [0.2, 0.25) is 5.91 Å². The van der Waals surface area contributed by atoms with Crippen LogP contribution in [0.25, 0.3) is 11.3 Å². The number of nitrogens with zero attached hydrogens (tertiary/aromatic N) is 1. The van der Waals surface area contributed by atoms with Crippen LogP contribution >= 0.6 is 34.5 Å². The van der Waals surface area contributed by atoms with Crippen molar-refractivity contribution >= 4 is 40.4 Å². The van der Waals surface area contributed by atoms with Crippen LogP contribution in [0.15, 0.2) is 53.4 Å². The molecule has 0 spiro atoms. The third kappa shape index (κ3) is 5.05. The van der Waals surface area contributed by atoms with Gasteiger partial charge in [-0.15, -0.1) is 0 Å². The number of rotatable bonds is 6. The molecule has 0 aliphatic rings. The van der Waals surface area contributed by atoms with Gasteiger partial charge in [-0.25, -0.2) is 0 Å². The Labute approximate surface area is 160 Å². The van der Waals surface area contributed by atoms with E-state index in [1.54, 1.807) is 29.7 Å². The Hall–Kier alpha value is -1.88. The molecule has 2 aromatic heterocycles. The quantitative estimate of drug-likeness (QED) is 0.614. The van der Waals surface area contributed by atoms with E-state index in [0.717, 1.165) is 22.4 Å². The van der Waals surface area contributed by atoms with Crippen molar-refractivity contribution in [3.8, 4) is 11.3 Å². The van der Waals surface area contributed by atoms with Crippen LogP contribution in [0.4, 0.5) is 0 Å². The number of amides is 1. The topological polar surface area (TPSA) is 42.0 Å². The predicted molar refractivity (Wildman–Crippen MR) is 104 cm³/mol. The van der Waals surface area contributed by atoms with Crippen molar-refractivity contribution in [2.45, 2.75) is 19.4 Å². The number of carbonyl (C=O) groups excluding carboxylic acids is 1. The summed E-state index contributed by atoms with van der Waals surface area (Å²) in [5.74, 6) is -0.0000296. The average Bonchev–Trinajstić information content (AvgIpc) is 3.16. The second-order valence-electron chi connectivity index (χ2n) is 5.59. The Morgan fingerprint density at radius 1 is 1.08 bits per heavy atom. The van der Waals surface area contributed by atoms with Crippen molar-refractivity contribution in [1.82, 2.24) is 10.3 Å². The van der Waals surface area contributed by atoms with Crippen LogP contribution in [-0.4, -0.2) is 10.9 Å². The number of thiophene rings is 1. The fraction of sp³-hybridized carbons (Fsp3) is 0.158. The third-order valence-corrected chi connectivity index (χ3v) is 5.18. The van der Waals surface area contributed by atoms with Crippen LogP contribution in [0.1, 0.15) is 17.5 Å². The summed E-state index contributed by atoms with van der Waals surface area (Å²) in [7, 11) is 0. The van der Waals surface area contributed by atoms with Crippen molar-refractivity contribution in [1.29, 1.82) is 0 Å². The fourth-order valence-corrected chi connectivity index (χ4v) is 3.36. The molecule has 3 nitrogen and oxygen atoms in total. The van der Waals surface area contributed by atoms with Gasteiger partial charge >= 0.3 is 0 Å². The van der Waals surface area contributed by atoms with Gasteiger partial charge in [-0.2, -0.15) is 11.3 Å². The molecule has 25 heavy (non-hydrogen) atoms. The van der Waals surface area contributed by atoms with Gasteiger partial charge in [0.15, 0.2) is 0 Å². The Morgan fingerprint density at radius 3 is 2.72 bits per heavy atom. The highest BCUT2D eigenvalue weighted by atomic mass is 35.5. The molecule has 1 aromatic carbocycles. The van der Waals surface area contributed by atoms with E-state index in [0.29, 0.717) is 29.4 Å². The molecular weight excluding hydrogens is 375 g/mol. The summed E-state index contributed by atoms with van der Waals surface area (Å²) in [6.45, 7) is 0.486. The molecule has 2 heterocycles. The first-order valence-electron chi connectivity index (χ1n) is 7.80. The number of halogens is 2. The van der Waals surface area contributed by atoms with E-state index >= 15 is 0 Å². The molecule has 3 aromatic rings. The van der Waals surface area contributed by atoms with Crippen molar-refractivity contribution in [3.05, 3.63) is 74.5 Å². The highest BCUT2D eigenvalue weighted by Crippen LogP contribution is 2.23. The molecule has 0 saturated heterocycles. The Bertz CT molecular complexity index is 866. The van der Waals surface area contributed by atoms with E-state index in [9.17, 15) is 4.79 Å². The van der Waals surface area contributed by atoms with Gasteiger partial charge in [0.05, 0.1) is 15.7 Å². The standard InChI is InChI=1S/C19H16Cl2N2OS/c20-16-3-1-13(9-17(16)21)2-4-19(24)23-11-14-5-7-22-18(10-14)15-6-8-25-12-15/h1,3,5-10,12H,2,4,11H2,(H,23,24). The number of carbonyl (C=O) groups is 1. The number of pyridine rings is 1. The highest BCUT2D eigenvalue weighted by molar-refractivity contribution is 7.08. The number of aryl methyl sites for hydroxylation is 1. The summed E-state index contributed by atoms with van der Waals surface area (Å²) < 4.78 is 0. The smallest absolute Gasteiger partial charge is 0.220 e. The number of benzene rings is 1. The summed E-state index contributed by atoms with van der Waals surface area (Å²) in [4.78, 5) is 16.4. The molecule has 3 rings (SSSR count). The Kier molecular flexibility index (Phi) is 6.08. The number of hydrogen-bond donors (Lipinski definition) is 1. The first-order valence-corrected chi connectivity index (χ1v) is 9.50. The van der Waals surface area contributed by atoms with Crippen LogP contribution in [0.3, 0.4) is 0 Å². The van der Waals surface area contributed by atoms with E-state index in [-0.39, 0.29) is 5.91 Å². The third-order valence-electron chi connectivity index (χ3n) is 3.76. The fourth-order valence-electron chi connectivity index (χ4n) is 2.39. The number of aromatic nitrogens is 1. The van der Waals surface area contributed by atoms with Gasteiger partial charge in [0.1, 0.15) is 0 Å². The molecule has 1 amide bonds. The van der Waals surface area contributed by atoms with E-state index in [4.69, 9.17) is 23.2 Å². The minimum absolute atomic E-state index is 0.0000296. The zero-order chi connectivity index (χ0) is 17.6. The maximum atomic E-state index is 12.1. The van der Waals surface area contributed by atoms with E-state index in [1.165, 1.54) is 0 Å². The zero-order valence-electron chi connectivity index (χ0n) is 13.3. The molecule has 0 saturated carbocycles. The summed E-state index contributed by atoms with van der Waals surface area (Å²) in [5, 5.41) is 8.06. The minimum atomic E-state index is -0.0000296. The van der Waals surface area contributed by atoms with E-state index < -0.39 is 0 Å². The summed E-state index contributed by atoms with van der Waals surface area (Å²) in [6.07, 6.45) is 2.80. The van der Waals surface area contributed by atoms with Gasteiger partial charge in [-0.1, -0.05) is 29.3 Å². The van der Waals surface area contributed by atoms with Crippen molar-refractivity contribution in [2.75, 3.05) is 0 Å². The van der Waals surface area contributed by atoms with Crippen molar-refractivity contribution < 1.29 is 4.79 Å². The summed E-state index contributed by atoms with van der Waals surface area (Å²) in [5.41, 5.74) is 4.04. The maximum Gasteiger partial charge on any atom is 0.220 e. The van der Waals surface area contributed by atoms with Gasteiger partial charge in [-0.05, 0) is 53.3 Å². The van der Waals surface area contributed by atoms with Gasteiger partial charge < -0.3 is 5.32 Å². The molecule has 1 N–H and O–H groups in total. The monoisotopic (exact) mass is 390 g/mol. The zero-order valence-corrected chi connectivity index (χ0v) is 15.7. The molecule has 0 atom stereocenters. The average molecular weight is 391 g/mol. The van der Waals surface area contributed by atoms with Crippen LogP contribution in [-0.2, 0) is 17.8 Å². The Morgan fingerprint density at radius 2 is 1.96 bits per heavy atom. The lowest BCUT2D eigenvalue weighted by molar-refractivity contribution is -0.121. The van der Waals surface area contributed by atoms with Crippen molar-refractivity contribution in [3.63, 3.8) is 0 Å². The normalized spacial score (nSPS) is 10.6. The molecule has 128 valence electrons. The SMILES string of the molecule is O=C(CCc1ccc(Cl)c(Cl)c1)NCc1ccnc(-c2ccsc2)c1. The molecule has 0 unspecified atom stereocenters.